The van der Waals surface area contributed by atoms with Gasteiger partial charge in [0.25, 0.3) is 0 Å². The van der Waals surface area contributed by atoms with Crippen molar-refractivity contribution in [3.05, 3.63) is 95.3 Å². The van der Waals surface area contributed by atoms with Gasteiger partial charge in [0.2, 0.25) is 5.91 Å². The van der Waals surface area contributed by atoms with Crippen molar-refractivity contribution in [3.63, 3.8) is 0 Å². The molecule has 0 radical (unpaired) electrons. The third kappa shape index (κ3) is 5.17. The molecule has 0 bridgehead atoms. The highest BCUT2D eigenvalue weighted by atomic mass is 16.2. The van der Waals surface area contributed by atoms with Gasteiger partial charge in [-0.05, 0) is 50.5 Å². The van der Waals surface area contributed by atoms with Crippen molar-refractivity contribution in [2.75, 3.05) is 0 Å². The van der Waals surface area contributed by atoms with Crippen LogP contribution in [0.1, 0.15) is 55.5 Å². The first-order chi connectivity index (χ1) is 14.0. The molecule has 0 fully saturated rings. The second kappa shape index (κ2) is 9.60. The van der Waals surface area contributed by atoms with Crippen LogP contribution in [0.2, 0.25) is 0 Å². The Morgan fingerprint density at radius 2 is 1.76 bits per heavy atom. The number of carbonyl (C=O) groups is 1. The summed E-state index contributed by atoms with van der Waals surface area (Å²) >= 11 is 0. The van der Waals surface area contributed by atoms with E-state index < -0.39 is 0 Å². The maximum Gasteiger partial charge on any atom is 0.230 e. The normalized spacial score (nSPS) is 12.2. The molecular formula is C26H32N2O. The summed E-state index contributed by atoms with van der Waals surface area (Å²) in [4.78, 5) is 15.5. The van der Waals surface area contributed by atoms with Crippen molar-refractivity contribution in [2.24, 2.45) is 0 Å². The number of aryl methyl sites for hydroxylation is 1. The van der Waals surface area contributed by atoms with Crippen molar-refractivity contribution in [1.29, 1.82) is 0 Å². The number of carbonyl (C=O) groups excluding carboxylic acids is 1. The van der Waals surface area contributed by atoms with E-state index in [1.54, 1.807) is 0 Å². The minimum absolute atomic E-state index is 0.0983. The fraction of sp³-hybridized carbons (Fsp3) is 0.346. The third-order valence-electron chi connectivity index (χ3n) is 5.51. The predicted molar refractivity (Wildman–Crippen MR) is 120 cm³/mol. The molecule has 0 N–H and O–H groups in total. The molecule has 3 aromatic rings. The van der Waals surface area contributed by atoms with E-state index in [1.165, 1.54) is 11.1 Å². The smallest absolute Gasteiger partial charge is 0.230 e. The topological polar surface area (TPSA) is 25.2 Å². The largest absolute Gasteiger partial charge is 0.345 e. The van der Waals surface area contributed by atoms with Crippen LogP contribution in [-0.4, -0.2) is 21.4 Å². The van der Waals surface area contributed by atoms with Gasteiger partial charge >= 0.3 is 0 Å². The van der Waals surface area contributed by atoms with E-state index in [0.717, 1.165) is 24.2 Å². The number of aromatic nitrogens is 1. The quantitative estimate of drug-likeness (QED) is 0.480. The SMILES string of the molecule is CCC(C(=O)N(Cc1cccn1Cc1cccc(C)c1)C(C)C)c1ccccc1. The van der Waals surface area contributed by atoms with Gasteiger partial charge < -0.3 is 9.47 Å². The van der Waals surface area contributed by atoms with Crippen molar-refractivity contribution < 1.29 is 4.79 Å². The van der Waals surface area contributed by atoms with E-state index >= 15 is 0 Å². The monoisotopic (exact) mass is 388 g/mol. The highest BCUT2D eigenvalue weighted by molar-refractivity contribution is 5.84. The Morgan fingerprint density at radius 3 is 2.41 bits per heavy atom. The Bertz CT molecular complexity index is 927. The van der Waals surface area contributed by atoms with Crippen LogP contribution in [0.15, 0.2) is 72.9 Å². The third-order valence-corrected chi connectivity index (χ3v) is 5.51. The molecule has 0 saturated heterocycles. The molecule has 29 heavy (non-hydrogen) atoms. The van der Waals surface area contributed by atoms with Crippen LogP contribution >= 0.6 is 0 Å². The van der Waals surface area contributed by atoms with Gasteiger partial charge in [0, 0.05) is 24.5 Å². The highest BCUT2D eigenvalue weighted by Crippen LogP contribution is 2.24. The number of hydrogen-bond donors (Lipinski definition) is 0. The van der Waals surface area contributed by atoms with Crippen molar-refractivity contribution in [2.45, 2.75) is 59.2 Å². The molecule has 2 aromatic carbocycles. The summed E-state index contributed by atoms with van der Waals surface area (Å²) in [5.74, 6) is 0.107. The van der Waals surface area contributed by atoms with E-state index in [0.29, 0.717) is 6.54 Å². The fourth-order valence-corrected chi connectivity index (χ4v) is 3.88. The lowest BCUT2D eigenvalue weighted by atomic mass is 9.94. The lowest BCUT2D eigenvalue weighted by molar-refractivity contribution is -0.135. The van der Waals surface area contributed by atoms with Crippen LogP contribution in [0.25, 0.3) is 0 Å². The molecular weight excluding hydrogens is 356 g/mol. The van der Waals surface area contributed by atoms with E-state index in [1.807, 2.05) is 23.1 Å². The van der Waals surface area contributed by atoms with Gasteiger partial charge in [-0.3, -0.25) is 4.79 Å². The molecule has 0 aliphatic heterocycles. The maximum atomic E-state index is 13.5. The van der Waals surface area contributed by atoms with E-state index in [-0.39, 0.29) is 17.9 Å². The molecule has 1 atom stereocenters. The molecule has 1 unspecified atom stereocenters. The second-order valence-corrected chi connectivity index (χ2v) is 8.05. The second-order valence-electron chi connectivity index (χ2n) is 8.05. The summed E-state index contributed by atoms with van der Waals surface area (Å²) in [6, 6.07) is 23.1. The van der Waals surface area contributed by atoms with E-state index in [2.05, 4.69) is 87.0 Å². The molecule has 0 aliphatic rings. The van der Waals surface area contributed by atoms with Crippen LogP contribution < -0.4 is 0 Å². The average molecular weight is 389 g/mol. The highest BCUT2D eigenvalue weighted by Gasteiger charge is 2.27. The van der Waals surface area contributed by atoms with Gasteiger partial charge in [0.1, 0.15) is 0 Å². The molecule has 0 saturated carbocycles. The zero-order chi connectivity index (χ0) is 20.8. The lowest BCUT2D eigenvalue weighted by Crippen LogP contribution is -2.40. The number of rotatable bonds is 8. The fourth-order valence-electron chi connectivity index (χ4n) is 3.88. The molecule has 3 nitrogen and oxygen atoms in total. The summed E-state index contributed by atoms with van der Waals surface area (Å²) in [6.07, 6.45) is 2.91. The van der Waals surface area contributed by atoms with Crippen LogP contribution in [0.3, 0.4) is 0 Å². The van der Waals surface area contributed by atoms with Gasteiger partial charge in [0.15, 0.2) is 0 Å². The van der Waals surface area contributed by atoms with E-state index in [9.17, 15) is 4.79 Å². The van der Waals surface area contributed by atoms with Crippen molar-refractivity contribution >= 4 is 5.91 Å². The van der Waals surface area contributed by atoms with Gasteiger partial charge in [-0.15, -0.1) is 0 Å². The predicted octanol–water partition coefficient (Wildman–Crippen LogP) is 5.78. The number of nitrogens with zero attached hydrogens (tertiary/aromatic N) is 2. The van der Waals surface area contributed by atoms with Crippen LogP contribution in [0.5, 0.6) is 0 Å². The van der Waals surface area contributed by atoms with Crippen molar-refractivity contribution in [1.82, 2.24) is 9.47 Å². The standard InChI is InChI=1S/C26H32N2O/c1-5-25(23-13-7-6-8-14-23)26(29)28(20(2)3)19-24-15-10-16-27(24)18-22-12-9-11-21(4)17-22/h6-17,20,25H,5,18-19H2,1-4H3. The number of hydrogen-bond acceptors (Lipinski definition) is 1. The number of amides is 1. The zero-order valence-electron chi connectivity index (χ0n) is 18.0. The van der Waals surface area contributed by atoms with Gasteiger partial charge in [0.05, 0.1) is 12.5 Å². The maximum absolute atomic E-state index is 13.5. The first-order valence-electron chi connectivity index (χ1n) is 10.5. The van der Waals surface area contributed by atoms with Crippen LogP contribution in [0.4, 0.5) is 0 Å². The molecule has 3 heteroatoms. The molecule has 1 heterocycles. The van der Waals surface area contributed by atoms with Crippen molar-refractivity contribution in [3.8, 4) is 0 Å². The Hall–Kier alpha value is -2.81. The molecule has 1 amide bonds. The Labute approximate surface area is 175 Å². The first kappa shape index (κ1) is 20.9. The summed E-state index contributed by atoms with van der Waals surface area (Å²) in [5, 5.41) is 0. The number of benzene rings is 2. The lowest BCUT2D eigenvalue weighted by Gasteiger charge is -2.31. The minimum atomic E-state index is -0.0983. The first-order valence-corrected chi connectivity index (χ1v) is 10.5. The molecule has 3 rings (SSSR count). The Balaban J connectivity index is 1.81. The van der Waals surface area contributed by atoms with Crippen LogP contribution in [0, 0.1) is 6.92 Å². The molecule has 0 aliphatic carbocycles. The van der Waals surface area contributed by atoms with E-state index in [4.69, 9.17) is 0 Å². The minimum Gasteiger partial charge on any atom is -0.345 e. The Morgan fingerprint density at radius 1 is 1.00 bits per heavy atom. The Kier molecular flexibility index (Phi) is 6.92. The molecule has 1 aromatic heterocycles. The summed E-state index contributed by atoms with van der Waals surface area (Å²) in [6.45, 7) is 9.85. The zero-order valence-corrected chi connectivity index (χ0v) is 18.0. The van der Waals surface area contributed by atoms with Crippen LogP contribution in [-0.2, 0) is 17.9 Å². The summed E-state index contributed by atoms with van der Waals surface area (Å²) in [7, 11) is 0. The average Bonchev–Trinajstić information content (AvgIpc) is 3.14. The molecule has 152 valence electrons. The molecule has 0 spiro atoms. The summed E-state index contributed by atoms with van der Waals surface area (Å²) < 4.78 is 2.25. The summed E-state index contributed by atoms with van der Waals surface area (Å²) in [5.41, 5.74) is 4.81. The van der Waals surface area contributed by atoms with Gasteiger partial charge in [-0.25, -0.2) is 0 Å². The van der Waals surface area contributed by atoms with Gasteiger partial charge in [-0.2, -0.15) is 0 Å². The van der Waals surface area contributed by atoms with Gasteiger partial charge in [-0.1, -0.05) is 67.1 Å².